The molecule has 1 aliphatic rings. The van der Waals surface area contributed by atoms with Crippen molar-refractivity contribution in [1.29, 1.82) is 0 Å². The third-order valence-electron chi connectivity index (χ3n) is 6.13. The minimum absolute atomic E-state index is 0.0315. The SMILES string of the molecule is COCCOc1ccc(N2C(=O)C(=O)C(=C(O)c3ccc(C(C)C)cc3)C2c2ccc(OC(F)(F)F)cc2)nn1. The summed E-state index contributed by atoms with van der Waals surface area (Å²) in [6.07, 6.45) is -4.90. The van der Waals surface area contributed by atoms with E-state index >= 15 is 0 Å². The summed E-state index contributed by atoms with van der Waals surface area (Å²) in [5, 5.41) is 19.2. The fourth-order valence-corrected chi connectivity index (χ4v) is 4.17. The maximum atomic E-state index is 13.3. The molecule has 3 aromatic rings. The van der Waals surface area contributed by atoms with Crippen molar-refractivity contribution in [3.05, 3.63) is 82.9 Å². The van der Waals surface area contributed by atoms with E-state index in [0.717, 1.165) is 22.6 Å². The first-order chi connectivity index (χ1) is 19.0. The molecular formula is C28H26F3N3O6. The highest BCUT2D eigenvalue weighted by atomic mass is 19.4. The average molecular weight is 558 g/mol. The van der Waals surface area contributed by atoms with Crippen molar-refractivity contribution in [3.8, 4) is 11.6 Å². The minimum Gasteiger partial charge on any atom is -0.507 e. The number of amides is 1. The Morgan fingerprint density at radius 3 is 2.20 bits per heavy atom. The second kappa shape index (κ2) is 11.7. The van der Waals surface area contributed by atoms with Gasteiger partial charge in [-0.1, -0.05) is 50.2 Å². The maximum Gasteiger partial charge on any atom is 0.573 e. The quantitative estimate of drug-likeness (QED) is 0.167. The molecule has 1 unspecified atom stereocenters. The lowest BCUT2D eigenvalue weighted by Crippen LogP contribution is -2.30. The first-order valence-electron chi connectivity index (χ1n) is 12.2. The molecule has 210 valence electrons. The van der Waals surface area contributed by atoms with E-state index in [4.69, 9.17) is 9.47 Å². The standard InChI is InChI=1S/C28H26F3N3O6/c1-16(2)17-4-6-19(7-5-17)25(35)23-24(18-8-10-20(11-9-18)40-28(29,30)31)34(27(37)26(23)36)21-12-13-22(33-32-21)39-15-14-38-3/h4-13,16,24,35H,14-15H2,1-3H3. The van der Waals surface area contributed by atoms with Gasteiger partial charge in [0.05, 0.1) is 18.2 Å². The van der Waals surface area contributed by atoms with Crippen molar-refractivity contribution in [2.24, 2.45) is 0 Å². The molecule has 9 nitrogen and oxygen atoms in total. The van der Waals surface area contributed by atoms with Gasteiger partial charge in [-0.2, -0.15) is 0 Å². The number of methoxy groups -OCH3 is 1. The highest BCUT2D eigenvalue weighted by molar-refractivity contribution is 6.51. The number of ketones is 1. The number of carbonyl (C=O) groups is 2. The van der Waals surface area contributed by atoms with Crippen molar-refractivity contribution in [2.45, 2.75) is 32.2 Å². The Bertz CT molecular complexity index is 1390. The fourth-order valence-electron chi connectivity index (χ4n) is 4.17. The van der Waals surface area contributed by atoms with Gasteiger partial charge in [-0.15, -0.1) is 23.4 Å². The molecule has 2 heterocycles. The van der Waals surface area contributed by atoms with E-state index in [0.29, 0.717) is 6.61 Å². The predicted molar refractivity (Wildman–Crippen MR) is 138 cm³/mol. The van der Waals surface area contributed by atoms with Gasteiger partial charge in [-0.25, -0.2) is 0 Å². The summed E-state index contributed by atoms with van der Waals surface area (Å²) < 4.78 is 52.4. The number of halogens is 3. The van der Waals surface area contributed by atoms with Crippen LogP contribution in [0.5, 0.6) is 11.6 Å². The van der Waals surface area contributed by atoms with Gasteiger partial charge in [0.15, 0.2) is 5.82 Å². The summed E-state index contributed by atoms with van der Waals surface area (Å²) in [6.45, 7) is 4.52. The van der Waals surface area contributed by atoms with E-state index in [1.165, 1.54) is 31.4 Å². The number of Topliss-reactive ketones (excluding diaryl/α,β-unsaturated/α-hetero) is 1. The Morgan fingerprint density at radius 1 is 0.975 bits per heavy atom. The lowest BCUT2D eigenvalue weighted by molar-refractivity contribution is -0.274. The number of carbonyl (C=O) groups excluding carboxylic acids is 2. The molecule has 4 rings (SSSR count). The van der Waals surface area contributed by atoms with Crippen molar-refractivity contribution in [3.63, 3.8) is 0 Å². The highest BCUT2D eigenvalue weighted by Crippen LogP contribution is 2.42. The molecule has 1 saturated heterocycles. The van der Waals surface area contributed by atoms with Crippen LogP contribution >= 0.6 is 0 Å². The van der Waals surface area contributed by atoms with Crippen LogP contribution in [0.15, 0.2) is 66.2 Å². The van der Waals surface area contributed by atoms with Crippen LogP contribution in [0.25, 0.3) is 5.76 Å². The number of hydrogen-bond donors (Lipinski definition) is 1. The van der Waals surface area contributed by atoms with Crippen LogP contribution in [0, 0.1) is 0 Å². The highest BCUT2D eigenvalue weighted by Gasteiger charge is 2.47. The van der Waals surface area contributed by atoms with E-state index in [1.54, 1.807) is 24.3 Å². The van der Waals surface area contributed by atoms with Crippen molar-refractivity contribution in [2.75, 3.05) is 25.2 Å². The molecule has 2 aromatic carbocycles. The second-order valence-electron chi connectivity index (χ2n) is 9.13. The third-order valence-corrected chi connectivity index (χ3v) is 6.13. The van der Waals surface area contributed by atoms with Gasteiger partial charge in [-0.3, -0.25) is 14.5 Å². The Morgan fingerprint density at radius 2 is 1.65 bits per heavy atom. The van der Waals surface area contributed by atoms with E-state index in [2.05, 4.69) is 14.9 Å². The maximum absolute atomic E-state index is 13.3. The summed E-state index contributed by atoms with van der Waals surface area (Å²) in [5.41, 5.74) is 1.26. The number of hydrogen-bond acceptors (Lipinski definition) is 8. The number of aliphatic hydroxyl groups excluding tert-OH is 1. The number of alkyl halides is 3. The summed E-state index contributed by atoms with van der Waals surface area (Å²) >= 11 is 0. The van der Waals surface area contributed by atoms with E-state index in [-0.39, 0.29) is 40.9 Å². The Balaban J connectivity index is 1.79. The largest absolute Gasteiger partial charge is 0.573 e. The summed E-state index contributed by atoms with van der Waals surface area (Å²) in [7, 11) is 1.51. The Kier molecular flexibility index (Phi) is 8.38. The van der Waals surface area contributed by atoms with Gasteiger partial charge in [0.2, 0.25) is 5.88 Å². The van der Waals surface area contributed by atoms with E-state index in [1.807, 2.05) is 13.8 Å². The molecule has 0 aliphatic carbocycles. The minimum atomic E-state index is -4.90. The molecule has 1 amide bonds. The molecule has 0 spiro atoms. The van der Waals surface area contributed by atoms with Gasteiger partial charge in [-0.05, 0) is 35.2 Å². The third kappa shape index (κ3) is 6.23. The number of ether oxygens (including phenoxy) is 3. The lowest BCUT2D eigenvalue weighted by atomic mass is 9.94. The zero-order valence-corrected chi connectivity index (χ0v) is 21.8. The van der Waals surface area contributed by atoms with Gasteiger partial charge in [0, 0.05) is 18.7 Å². The smallest absolute Gasteiger partial charge is 0.507 e. The molecule has 1 atom stereocenters. The molecule has 0 saturated carbocycles. The Hall–Kier alpha value is -4.45. The summed E-state index contributed by atoms with van der Waals surface area (Å²) in [4.78, 5) is 27.6. The first kappa shape index (κ1) is 28.6. The zero-order valence-electron chi connectivity index (χ0n) is 21.8. The summed E-state index contributed by atoms with van der Waals surface area (Å²) in [5.74, 6) is -2.58. The van der Waals surface area contributed by atoms with E-state index in [9.17, 15) is 27.9 Å². The number of aliphatic hydroxyl groups is 1. The fraction of sp³-hybridized carbons (Fsp3) is 0.286. The lowest BCUT2D eigenvalue weighted by Gasteiger charge is -2.24. The molecule has 0 bridgehead atoms. The normalized spacial score (nSPS) is 17.0. The van der Waals surface area contributed by atoms with Crippen LogP contribution in [0.1, 0.15) is 42.5 Å². The van der Waals surface area contributed by atoms with Crippen LogP contribution in [0.3, 0.4) is 0 Å². The molecule has 12 heteroatoms. The van der Waals surface area contributed by atoms with Gasteiger partial charge < -0.3 is 19.3 Å². The number of nitrogens with zero attached hydrogens (tertiary/aromatic N) is 3. The van der Waals surface area contributed by atoms with Crippen molar-refractivity contribution in [1.82, 2.24) is 10.2 Å². The zero-order chi connectivity index (χ0) is 29.0. The molecule has 1 aromatic heterocycles. The van der Waals surface area contributed by atoms with Crippen LogP contribution in [0.2, 0.25) is 0 Å². The monoisotopic (exact) mass is 557 g/mol. The average Bonchev–Trinajstić information content (AvgIpc) is 3.18. The molecule has 1 aliphatic heterocycles. The molecule has 1 N–H and O–H groups in total. The van der Waals surface area contributed by atoms with Gasteiger partial charge >= 0.3 is 12.3 Å². The molecule has 1 fully saturated rings. The van der Waals surface area contributed by atoms with Crippen LogP contribution in [-0.4, -0.2) is 53.7 Å². The number of benzene rings is 2. The van der Waals surface area contributed by atoms with Crippen LogP contribution < -0.4 is 14.4 Å². The van der Waals surface area contributed by atoms with Gasteiger partial charge in [0.25, 0.3) is 5.78 Å². The molecule has 0 radical (unpaired) electrons. The van der Waals surface area contributed by atoms with Crippen LogP contribution in [0.4, 0.5) is 19.0 Å². The van der Waals surface area contributed by atoms with Crippen molar-refractivity contribution >= 4 is 23.3 Å². The second-order valence-corrected chi connectivity index (χ2v) is 9.13. The number of anilines is 1. The molecule has 40 heavy (non-hydrogen) atoms. The molecular weight excluding hydrogens is 531 g/mol. The first-order valence-corrected chi connectivity index (χ1v) is 12.2. The van der Waals surface area contributed by atoms with Crippen LogP contribution in [-0.2, 0) is 14.3 Å². The number of aromatic nitrogens is 2. The predicted octanol–water partition coefficient (Wildman–Crippen LogP) is 5.15. The number of rotatable bonds is 9. The summed E-state index contributed by atoms with van der Waals surface area (Å²) in [6, 6.07) is 13.1. The van der Waals surface area contributed by atoms with Gasteiger partial charge in [0.1, 0.15) is 18.1 Å². The Labute approximate surface area is 227 Å². The topological polar surface area (TPSA) is 111 Å². The van der Waals surface area contributed by atoms with E-state index < -0.39 is 35.6 Å². The van der Waals surface area contributed by atoms with Crippen molar-refractivity contribution < 1.29 is 42.1 Å².